The highest BCUT2D eigenvalue weighted by Gasteiger charge is 2.09. The number of guanidine groups is 1. The van der Waals surface area contributed by atoms with E-state index in [1.165, 1.54) is 0 Å². The lowest BCUT2D eigenvalue weighted by Crippen LogP contribution is -2.38. The number of halogens is 1. The van der Waals surface area contributed by atoms with Gasteiger partial charge in [0.25, 0.3) is 0 Å². The maximum Gasteiger partial charge on any atom is 0.216 e. The molecule has 30 heavy (non-hydrogen) atoms. The van der Waals surface area contributed by atoms with E-state index in [0.717, 1.165) is 35.4 Å². The molecule has 0 saturated carbocycles. The molecule has 0 aliphatic rings. The number of nitrogens with one attached hydrogen (secondary N) is 3. The van der Waals surface area contributed by atoms with Crippen molar-refractivity contribution in [3.05, 3.63) is 48.0 Å². The molecule has 2 heterocycles. The van der Waals surface area contributed by atoms with Crippen molar-refractivity contribution in [2.24, 2.45) is 4.99 Å². The summed E-state index contributed by atoms with van der Waals surface area (Å²) in [6.07, 6.45) is 2.27. The Bertz CT molecular complexity index is 927. The number of rotatable bonds is 9. The van der Waals surface area contributed by atoms with Gasteiger partial charge in [-0.1, -0.05) is 0 Å². The number of hydrogen-bond acceptors (Lipinski definition) is 6. The number of aromatic nitrogens is 3. The van der Waals surface area contributed by atoms with E-state index in [2.05, 4.69) is 30.8 Å². The summed E-state index contributed by atoms with van der Waals surface area (Å²) in [6.45, 7) is 3.92. The first-order chi connectivity index (χ1) is 14.2. The number of nitrogens with zero attached hydrogens (tertiary/aromatic N) is 3. The van der Waals surface area contributed by atoms with Gasteiger partial charge in [0.05, 0.1) is 27.0 Å². The molecule has 0 aliphatic heterocycles. The van der Waals surface area contributed by atoms with Crippen molar-refractivity contribution in [2.75, 3.05) is 27.3 Å². The third-order valence-electron chi connectivity index (χ3n) is 4.17. The average molecular weight is 526 g/mol. The first-order valence-corrected chi connectivity index (χ1v) is 9.41. The van der Waals surface area contributed by atoms with Gasteiger partial charge in [-0.05, 0) is 31.2 Å². The zero-order valence-corrected chi connectivity index (χ0v) is 19.6. The normalized spacial score (nSPS) is 11.0. The molecule has 0 aliphatic carbocycles. The van der Waals surface area contributed by atoms with Crippen LogP contribution < -0.4 is 20.1 Å². The van der Waals surface area contributed by atoms with Crippen molar-refractivity contribution in [2.45, 2.75) is 19.9 Å². The van der Waals surface area contributed by atoms with Gasteiger partial charge in [-0.2, -0.15) is 5.10 Å². The summed E-state index contributed by atoms with van der Waals surface area (Å²) in [4.78, 5) is 9.08. The second-order valence-electron chi connectivity index (χ2n) is 6.13. The molecular formula is C20H27IN6O3. The third kappa shape index (κ3) is 6.37. The number of furan rings is 1. The Morgan fingerprint density at radius 2 is 2.07 bits per heavy atom. The van der Waals surface area contributed by atoms with Crippen LogP contribution in [0.3, 0.4) is 0 Å². The maximum absolute atomic E-state index is 5.43. The van der Waals surface area contributed by atoms with Crippen LogP contribution in [-0.4, -0.2) is 48.5 Å². The van der Waals surface area contributed by atoms with E-state index in [-0.39, 0.29) is 24.0 Å². The molecule has 0 saturated heterocycles. The smallest absolute Gasteiger partial charge is 0.216 e. The number of aliphatic imine (C=N–C) groups is 1. The standard InChI is InChI=1S/C20H26N6O3.HI/c1-4-21-20(23-13-14-7-8-15(27-2)12-17(14)28-3)22-10-9-18-24-19(26-25-18)16-6-5-11-29-16;/h5-8,11-12H,4,9-10,13H2,1-3H3,(H2,21,22,23)(H,24,25,26);1H. The Balaban J connectivity index is 0.00000320. The summed E-state index contributed by atoms with van der Waals surface area (Å²) in [6, 6.07) is 9.34. The molecule has 10 heteroatoms. The van der Waals surface area contributed by atoms with Gasteiger partial charge in [-0.25, -0.2) is 9.98 Å². The van der Waals surface area contributed by atoms with E-state index in [4.69, 9.17) is 13.9 Å². The predicted molar refractivity (Wildman–Crippen MR) is 126 cm³/mol. The van der Waals surface area contributed by atoms with E-state index >= 15 is 0 Å². The Labute approximate surface area is 192 Å². The molecule has 0 spiro atoms. The molecule has 2 aromatic heterocycles. The summed E-state index contributed by atoms with van der Waals surface area (Å²) in [7, 11) is 3.27. The highest BCUT2D eigenvalue weighted by molar-refractivity contribution is 14.0. The van der Waals surface area contributed by atoms with Gasteiger partial charge in [0.1, 0.15) is 17.3 Å². The van der Waals surface area contributed by atoms with Crippen LogP contribution >= 0.6 is 24.0 Å². The number of H-pyrrole nitrogens is 1. The summed E-state index contributed by atoms with van der Waals surface area (Å²) < 4.78 is 16.0. The Morgan fingerprint density at radius 3 is 2.77 bits per heavy atom. The molecule has 1 aromatic carbocycles. The minimum atomic E-state index is 0. The van der Waals surface area contributed by atoms with E-state index < -0.39 is 0 Å². The fourth-order valence-electron chi connectivity index (χ4n) is 2.71. The molecule has 0 amide bonds. The minimum Gasteiger partial charge on any atom is -0.497 e. The summed E-state index contributed by atoms with van der Waals surface area (Å²) in [5.74, 6) is 4.19. The number of aromatic amines is 1. The molecular weight excluding hydrogens is 499 g/mol. The van der Waals surface area contributed by atoms with Crippen LogP contribution in [-0.2, 0) is 13.0 Å². The molecule has 0 bridgehead atoms. The van der Waals surface area contributed by atoms with Crippen molar-refractivity contribution in [3.8, 4) is 23.1 Å². The third-order valence-corrected chi connectivity index (χ3v) is 4.17. The monoisotopic (exact) mass is 526 g/mol. The SMILES string of the molecule is CCNC(=NCc1ccc(OC)cc1OC)NCCc1nc(-c2ccco2)n[nH]1.I. The van der Waals surface area contributed by atoms with Crippen LogP contribution in [0.2, 0.25) is 0 Å². The van der Waals surface area contributed by atoms with E-state index in [1.54, 1.807) is 20.5 Å². The quantitative estimate of drug-likeness (QED) is 0.224. The van der Waals surface area contributed by atoms with Gasteiger partial charge in [0.15, 0.2) is 11.7 Å². The largest absolute Gasteiger partial charge is 0.497 e. The molecule has 0 unspecified atom stereocenters. The Kier molecular flexibility index (Phi) is 9.45. The lowest BCUT2D eigenvalue weighted by atomic mass is 10.2. The topological polar surface area (TPSA) is 110 Å². The lowest BCUT2D eigenvalue weighted by Gasteiger charge is -2.12. The van der Waals surface area contributed by atoms with Crippen molar-refractivity contribution in [3.63, 3.8) is 0 Å². The molecule has 9 nitrogen and oxygen atoms in total. The molecule has 3 rings (SSSR count). The van der Waals surface area contributed by atoms with E-state index in [0.29, 0.717) is 31.1 Å². The van der Waals surface area contributed by atoms with Gasteiger partial charge >= 0.3 is 0 Å². The van der Waals surface area contributed by atoms with E-state index in [1.807, 2.05) is 37.3 Å². The highest BCUT2D eigenvalue weighted by Crippen LogP contribution is 2.25. The second-order valence-corrected chi connectivity index (χ2v) is 6.13. The van der Waals surface area contributed by atoms with Crippen molar-refractivity contribution >= 4 is 29.9 Å². The fourth-order valence-corrected chi connectivity index (χ4v) is 2.71. The van der Waals surface area contributed by atoms with Crippen LogP contribution in [0.4, 0.5) is 0 Å². The number of ether oxygens (including phenoxy) is 2. The number of benzene rings is 1. The van der Waals surface area contributed by atoms with Gasteiger partial charge in [0, 0.05) is 31.1 Å². The van der Waals surface area contributed by atoms with E-state index in [9.17, 15) is 0 Å². The molecule has 162 valence electrons. The fraction of sp³-hybridized carbons (Fsp3) is 0.350. The minimum absolute atomic E-state index is 0. The molecule has 0 radical (unpaired) electrons. The summed E-state index contributed by atoms with van der Waals surface area (Å²) in [5.41, 5.74) is 0.976. The van der Waals surface area contributed by atoms with Crippen molar-refractivity contribution < 1.29 is 13.9 Å². The van der Waals surface area contributed by atoms with Crippen LogP contribution in [0.5, 0.6) is 11.5 Å². The first-order valence-electron chi connectivity index (χ1n) is 9.41. The Morgan fingerprint density at radius 1 is 1.20 bits per heavy atom. The number of methoxy groups -OCH3 is 2. The molecule has 0 fully saturated rings. The molecule has 0 atom stereocenters. The highest BCUT2D eigenvalue weighted by atomic mass is 127. The van der Waals surface area contributed by atoms with Gasteiger partial charge in [-0.15, -0.1) is 24.0 Å². The van der Waals surface area contributed by atoms with Gasteiger partial charge in [0.2, 0.25) is 5.82 Å². The molecule has 3 aromatic rings. The van der Waals surface area contributed by atoms with Crippen molar-refractivity contribution in [1.82, 2.24) is 25.8 Å². The second kappa shape index (κ2) is 12.1. The summed E-state index contributed by atoms with van der Waals surface area (Å²) in [5, 5.41) is 13.7. The summed E-state index contributed by atoms with van der Waals surface area (Å²) >= 11 is 0. The van der Waals surface area contributed by atoms with Gasteiger partial charge in [-0.3, -0.25) is 5.10 Å². The average Bonchev–Trinajstić information content (AvgIpc) is 3.43. The zero-order chi connectivity index (χ0) is 20.5. The van der Waals surface area contributed by atoms with Gasteiger partial charge < -0.3 is 24.5 Å². The predicted octanol–water partition coefficient (Wildman–Crippen LogP) is 3.00. The maximum atomic E-state index is 5.43. The molecule has 3 N–H and O–H groups in total. The first kappa shape index (κ1) is 23.5. The zero-order valence-electron chi connectivity index (χ0n) is 17.3. The van der Waals surface area contributed by atoms with Crippen LogP contribution in [0.15, 0.2) is 46.0 Å². The van der Waals surface area contributed by atoms with Crippen molar-refractivity contribution in [1.29, 1.82) is 0 Å². The van der Waals surface area contributed by atoms with Crippen LogP contribution in [0, 0.1) is 0 Å². The van der Waals surface area contributed by atoms with Crippen LogP contribution in [0.25, 0.3) is 11.6 Å². The lowest BCUT2D eigenvalue weighted by molar-refractivity contribution is 0.391. The van der Waals surface area contributed by atoms with Crippen LogP contribution in [0.1, 0.15) is 18.3 Å². The Hall–Kier alpha value is -2.76. The number of hydrogen-bond donors (Lipinski definition) is 3.